The SMILES string of the molecule is Cc1ccc2cncn2c1C(O)C1CCCCC1. The molecule has 3 heteroatoms. The molecule has 1 aliphatic carbocycles. The fourth-order valence-electron chi connectivity index (χ4n) is 3.16. The summed E-state index contributed by atoms with van der Waals surface area (Å²) in [5, 5.41) is 10.7. The minimum Gasteiger partial charge on any atom is -0.387 e. The van der Waals surface area contributed by atoms with Gasteiger partial charge in [-0.1, -0.05) is 25.3 Å². The monoisotopic (exact) mass is 244 g/mol. The predicted octanol–water partition coefficient (Wildman–Crippen LogP) is 3.26. The van der Waals surface area contributed by atoms with Gasteiger partial charge in [0.05, 0.1) is 29.8 Å². The van der Waals surface area contributed by atoms with E-state index >= 15 is 0 Å². The molecule has 2 heterocycles. The number of aryl methyl sites for hydroxylation is 1. The second-order valence-electron chi connectivity index (χ2n) is 5.43. The third-order valence-electron chi connectivity index (χ3n) is 4.21. The highest BCUT2D eigenvalue weighted by Crippen LogP contribution is 2.35. The van der Waals surface area contributed by atoms with Gasteiger partial charge in [-0.3, -0.25) is 0 Å². The van der Waals surface area contributed by atoms with Crippen LogP contribution in [-0.2, 0) is 0 Å². The summed E-state index contributed by atoms with van der Waals surface area (Å²) in [5.74, 6) is 0.408. The van der Waals surface area contributed by atoms with E-state index in [9.17, 15) is 5.11 Å². The standard InChI is InChI=1S/C15H20N2O/c1-11-7-8-13-9-16-10-17(13)14(11)15(18)12-5-3-2-4-6-12/h7-10,12,15,18H,2-6H2,1H3. The van der Waals surface area contributed by atoms with Crippen molar-refractivity contribution in [2.24, 2.45) is 5.92 Å². The molecule has 0 bridgehead atoms. The summed E-state index contributed by atoms with van der Waals surface area (Å²) >= 11 is 0. The first kappa shape index (κ1) is 11.7. The number of imidazole rings is 1. The fourth-order valence-corrected chi connectivity index (χ4v) is 3.16. The molecule has 0 spiro atoms. The summed E-state index contributed by atoms with van der Waals surface area (Å²) in [6.45, 7) is 2.07. The van der Waals surface area contributed by atoms with Crippen molar-refractivity contribution in [3.8, 4) is 0 Å². The van der Waals surface area contributed by atoms with E-state index < -0.39 is 0 Å². The molecule has 96 valence electrons. The van der Waals surface area contributed by atoms with Crippen LogP contribution >= 0.6 is 0 Å². The van der Waals surface area contributed by atoms with Gasteiger partial charge in [0.25, 0.3) is 0 Å². The van der Waals surface area contributed by atoms with Gasteiger partial charge in [0.15, 0.2) is 0 Å². The maximum atomic E-state index is 10.7. The summed E-state index contributed by atoms with van der Waals surface area (Å²) in [5.41, 5.74) is 3.24. The zero-order chi connectivity index (χ0) is 12.5. The zero-order valence-corrected chi connectivity index (χ0v) is 10.8. The van der Waals surface area contributed by atoms with Gasteiger partial charge >= 0.3 is 0 Å². The van der Waals surface area contributed by atoms with E-state index in [2.05, 4.69) is 24.0 Å². The Morgan fingerprint density at radius 1 is 1.28 bits per heavy atom. The van der Waals surface area contributed by atoms with Crippen LogP contribution in [-0.4, -0.2) is 14.5 Å². The second kappa shape index (κ2) is 4.73. The minimum atomic E-state index is -0.358. The smallest absolute Gasteiger partial charge is 0.0995 e. The number of hydrogen-bond acceptors (Lipinski definition) is 2. The lowest BCUT2D eigenvalue weighted by molar-refractivity contribution is 0.0795. The highest BCUT2D eigenvalue weighted by Gasteiger charge is 2.25. The van der Waals surface area contributed by atoms with Gasteiger partial charge in [-0.05, 0) is 37.3 Å². The van der Waals surface area contributed by atoms with Crippen LogP contribution in [0.15, 0.2) is 24.7 Å². The Labute approximate surface area is 107 Å². The Morgan fingerprint density at radius 2 is 2.06 bits per heavy atom. The minimum absolute atomic E-state index is 0.358. The van der Waals surface area contributed by atoms with Crippen molar-refractivity contribution in [3.63, 3.8) is 0 Å². The number of hydrogen-bond donors (Lipinski definition) is 1. The Bertz CT molecular complexity index is 540. The molecule has 1 N–H and O–H groups in total. The summed E-state index contributed by atoms with van der Waals surface area (Å²) in [6.07, 6.45) is 9.40. The summed E-state index contributed by atoms with van der Waals surface area (Å²) in [6, 6.07) is 4.14. The highest BCUT2D eigenvalue weighted by atomic mass is 16.3. The zero-order valence-electron chi connectivity index (χ0n) is 10.8. The molecule has 1 fully saturated rings. The van der Waals surface area contributed by atoms with Gasteiger partial charge in [0.2, 0.25) is 0 Å². The molecule has 0 aromatic carbocycles. The first-order valence-electron chi connectivity index (χ1n) is 6.87. The first-order valence-corrected chi connectivity index (χ1v) is 6.87. The Morgan fingerprint density at radius 3 is 2.83 bits per heavy atom. The quantitative estimate of drug-likeness (QED) is 0.880. The third kappa shape index (κ3) is 1.93. The molecular formula is C15H20N2O. The number of aliphatic hydroxyl groups is 1. The number of pyridine rings is 1. The van der Waals surface area contributed by atoms with E-state index in [0.29, 0.717) is 5.92 Å². The van der Waals surface area contributed by atoms with Crippen molar-refractivity contribution >= 4 is 5.52 Å². The van der Waals surface area contributed by atoms with Crippen LogP contribution in [0.2, 0.25) is 0 Å². The van der Waals surface area contributed by atoms with Gasteiger partial charge < -0.3 is 9.51 Å². The molecule has 1 aliphatic rings. The van der Waals surface area contributed by atoms with Crippen molar-refractivity contribution < 1.29 is 5.11 Å². The lowest BCUT2D eigenvalue weighted by atomic mass is 9.83. The van der Waals surface area contributed by atoms with E-state index in [1.807, 2.05) is 16.9 Å². The molecule has 3 nitrogen and oxygen atoms in total. The van der Waals surface area contributed by atoms with Crippen LogP contribution in [0.3, 0.4) is 0 Å². The number of rotatable bonds is 2. The molecule has 0 amide bonds. The predicted molar refractivity (Wildman–Crippen MR) is 71.5 cm³/mol. The van der Waals surface area contributed by atoms with E-state index in [1.165, 1.54) is 19.3 Å². The highest BCUT2D eigenvalue weighted by molar-refractivity contribution is 5.48. The maximum Gasteiger partial charge on any atom is 0.0995 e. The van der Waals surface area contributed by atoms with Crippen molar-refractivity contribution in [1.82, 2.24) is 9.38 Å². The summed E-state index contributed by atoms with van der Waals surface area (Å²) in [4.78, 5) is 4.18. The van der Waals surface area contributed by atoms with Crippen LogP contribution in [0, 0.1) is 12.8 Å². The lowest BCUT2D eigenvalue weighted by Gasteiger charge is -2.28. The van der Waals surface area contributed by atoms with E-state index in [1.54, 1.807) is 0 Å². The van der Waals surface area contributed by atoms with Gasteiger partial charge in [0.1, 0.15) is 0 Å². The molecule has 0 radical (unpaired) electrons. The summed E-state index contributed by atoms with van der Waals surface area (Å²) in [7, 11) is 0. The van der Waals surface area contributed by atoms with Crippen molar-refractivity contribution in [3.05, 3.63) is 35.9 Å². The van der Waals surface area contributed by atoms with E-state index in [-0.39, 0.29) is 6.10 Å². The van der Waals surface area contributed by atoms with Gasteiger partial charge in [0, 0.05) is 0 Å². The van der Waals surface area contributed by atoms with Crippen molar-refractivity contribution in [2.75, 3.05) is 0 Å². The second-order valence-corrected chi connectivity index (χ2v) is 5.43. The number of fused-ring (bicyclic) bond motifs is 1. The third-order valence-corrected chi connectivity index (χ3v) is 4.21. The molecule has 0 aliphatic heterocycles. The molecular weight excluding hydrogens is 224 g/mol. The average molecular weight is 244 g/mol. The molecule has 18 heavy (non-hydrogen) atoms. The average Bonchev–Trinajstić information content (AvgIpc) is 2.87. The molecule has 0 saturated heterocycles. The molecule has 2 aromatic rings. The van der Waals surface area contributed by atoms with Crippen molar-refractivity contribution in [2.45, 2.75) is 45.1 Å². The van der Waals surface area contributed by atoms with Gasteiger partial charge in [-0.15, -0.1) is 0 Å². The molecule has 2 aromatic heterocycles. The topological polar surface area (TPSA) is 37.5 Å². The number of nitrogens with zero attached hydrogens (tertiary/aromatic N) is 2. The summed E-state index contributed by atoms with van der Waals surface area (Å²) < 4.78 is 2.04. The Balaban J connectivity index is 2.01. The lowest BCUT2D eigenvalue weighted by Crippen LogP contribution is -2.19. The number of aliphatic hydroxyl groups excluding tert-OH is 1. The molecule has 1 atom stereocenters. The van der Waals surface area contributed by atoms with Gasteiger partial charge in [-0.2, -0.15) is 0 Å². The van der Waals surface area contributed by atoms with Crippen LogP contribution in [0.25, 0.3) is 5.52 Å². The Kier molecular flexibility index (Phi) is 3.08. The van der Waals surface area contributed by atoms with Crippen LogP contribution < -0.4 is 0 Å². The van der Waals surface area contributed by atoms with Crippen LogP contribution in [0.4, 0.5) is 0 Å². The van der Waals surface area contributed by atoms with Gasteiger partial charge in [-0.25, -0.2) is 4.98 Å². The number of aromatic nitrogens is 2. The molecule has 1 saturated carbocycles. The maximum absolute atomic E-state index is 10.7. The van der Waals surface area contributed by atoms with E-state index in [0.717, 1.165) is 29.6 Å². The van der Waals surface area contributed by atoms with Crippen LogP contribution in [0.1, 0.15) is 49.5 Å². The Hall–Kier alpha value is -1.35. The normalized spacial score (nSPS) is 19.2. The van der Waals surface area contributed by atoms with Crippen LogP contribution in [0.5, 0.6) is 0 Å². The fraction of sp³-hybridized carbons (Fsp3) is 0.533. The molecule has 1 unspecified atom stereocenters. The molecule has 3 rings (SSSR count). The largest absolute Gasteiger partial charge is 0.387 e. The van der Waals surface area contributed by atoms with Crippen molar-refractivity contribution in [1.29, 1.82) is 0 Å². The van der Waals surface area contributed by atoms with E-state index in [4.69, 9.17) is 0 Å². The first-order chi connectivity index (χ1) is 8.77.